The molecule has 0 aliphatic carbocycles. The van der Waals surface area contributed by atoms with Crippen LogP contribution in [0.1, 0.15) is 38.8 Å². The predicted octanol–water partition coefficient (Wildman–Crippen LogP) is 6.67. The molecule has 0 heterocycles. The molecule has 1 aromatic carbocycles. The highest BCUT2D eigenvalue weighted by Gasteiger charge is 2.39. The summed E-state index contributed by atoms with van der Waals surface area (Å²) in [6.45, 7) is 18.1. The first-order valence-electron chi connectivity index (χ1n) is 9.53. The van der Waals surface area contributed by atoms with Crippen LogP contribution in [-0.4, -0.2) is 16.4 Å². The highest BCUT2D eigenvalue weighted by atomic mass is 28.4. The maximum absolute atomic E-state index is 7.03. The van der Waals surface area contributed by atoms with Gasteiger partial charge in [-0.3, -0.25) is 0 Å². The van der Waals surface area contributed by atoms with Gasteiger partial charge < -0.3 is 4.43 Å². The van der Waals surface area contributed by atoms with E-state index in [2.05, 4.69) is 90.5 Å². The van der Waals surface area contributed by atoms with Gasteiger partial charge in [0.1, 0.15) is 0 Å². The lowest BCUT2D eigenvalue weighted by atomic mass is 9.94. The van der Waals surface area contributed by atoms with Crippen LogP contribution in [0.2, 0.25) is 37.8 Å². The van der Waals surface area contributed by atoms with Gasteiger partial charge in [-0.15, -0.1) is 6.42 Å². The molecule has 0 radical (unpaired) electrons. The smallest absolute Gasteiger partial charge is 0.193 e. The molecule has 1 nitrogen and oxygen atoms in total. The number of terminal acetylenes is 1. The summed E-state index contributed by atoms with van der Waals surface area (Å²) in [4.78, 5) is 0. The van der Waals surface area contributed by atoms with E-state index < -0.39 is 22.0 Å². The third-order valence-electron chi connectivity index (χ3n) is 5.34. The number of hydrogen-bond acceptors (Lipinski definition) is 1. The average Bonchev–Trinajstić information content (AvgIpc) is 2.57. The molecule has 1 rings (SSSR count). The Hall–Kier alpha value is -1.09. The topological polar surface area (TPSA) is 9.23 Å². The van der Waals surface area contributed by atoms with Gasteiger partial charge in [-0.2, -0.15) is 0 Å². The van der Waals surface area contributed by atoms with Crippen molar-refractivity contribution in [2.24, 2.45) is 0 Å². The third-order valence-corrected chi connectivity index (χ3v) is 12.0. The molecule has 25 heavy (non-hydrogen) atoms. The quantitative estimate of drug-likeness (QED) is 0.366. The lowest BCUT2D eigenvalue weighted by Crippen LogP contribution is -2.44. The van der Waals surface area contributed by atoms with E-state index in [0.717, 1.165) is 23.3 Å². The van der Waals surface area contributed by atoms with Gasteiger partial charge in [0, 0.05) is 0 Å². The Balaban J connectivity index is 3.57. The molecule has 0 bridgehead atoms. The number of allylic oxidation sites excluding steroid dienone is 1. The zero-order valence-corrected chi connectivity index (χ0v) is 19.5. The van der Waals surface area contributed by atoms with E-state index in [9.17, 15) is 0 Å². The largest absolute Gasteiger partial charge is 0.404 e. The summed E-state index contributed by atoms with van der Waals surface area (Å²) >= 11 is 0. The number of benzene rings is 1. The third kappa shape index (κ3) is 5.44. The van der Waals surface area contributed by atoms with Gasteiger partial charge in [0.25, 0.3) is 0 Å². The molecule has 0 fully saturated rings. The summed E-state index contributed by atoms with van der Waals surface area (Å²) < 4.78 is 7.03. The fourth-order valence-corrected chi connectivity index (χ4v) is 7.44. The first-order valence-corrected chi connectivity index (χ1v) is 15.6. The summed E-state index contributed by atoms with van der Waals surface area (Å²) in [6.07, 6.45) is 8.17. The zero-order chi connectivity index (χ0) is 19.3. The van der Waals surface area contributed by atoms with Gasteiger partial charge in [0.15, 0.2) is 8.32 Å². The van der Waals surface area contributed by atoms with Crippen molar-refractivity contribution >= 4 is 16.4 Å². The Labute approximate surface area is 158 Å². The van der Waals surface area contributed by atoms with E-state index in [-0.39, 0.29) is 0 Å². The summed E-state index contributed by atoms with van der Waals surface area (Å²) in [5.74, 6) is 2.98. The van der Waals surface area contributed by atoms with Crippen molar-refractivity contribution in [3.05, 3.63) is 46.7 Å². The fourth-order valence-electron chi connectivity index (χ4n) is 3.29. The van der Waals surface area contributed by atoms with Crippen molar-refractivity contribution < 1.29 is 4.43 Å². The van der Waals surface area contributed by atoms with E-state index in [1.165, 1.54) is 11.1 Å². The molecule has 0 aliphatic rings. The highest BCUT2D eigenvalue weighted by Crippen LogP contribution is 2.37. The molecule has 1 unspecified atom stereocenters. The molecular weight excluding hydrogens is 336 g/mol. The van der Waals surface area contributed by atoms with E-state index in [1.807, 2.05) is 0 Å². The first-order chi connectivity index (χ1) is 11.6. The molecule has 0 saturated carbocycles. The summed E-state index contributed by atoms with van der Waals surface area (Å²) in [6, 6.07) is 12.1. The summed E-state index contributed by atoms with van der Waals surface area (Å²) in [5, 5.41) is 1.14. The number of aryl methyl sites for hydroxylation is 1. The molecule has 3 heteroatoms. The van der Waals surface area contributed by atoms with Crippen LogP contribution >= 0.6 is 0 Å². The normalized spacial score (nSPS) is 15.6. The second-order valence-corrected chi connectivity index (χ2v) is 18.0. The monoisotopic (exact) mass is 372 g/mol. The standard InChI is InChI=1S/C22H36OSi2/c1-10-21(24(7,8)9)18-22(6,20-16-14-15-19(5)17-20)23-25(11-2,12-3)13-4/h1,14-18H,11-13H2,2-9H3/b21-18+. The van der Waals surface area contributed by atoms with Crippen molar-refractivity contribution in [2.75, 3.05) is 0 Å². The van der Waals surface area contributed by atoms with E-state index >= 15 is 0 Å². The summed E-state index contributed by atoms with van der Waals surface area (Å²) in [7, 11) is -3.38. The van der Waals surface area contributed by atoms with Crippen molar-refractivity contribution in [2.45, 2.75) is 78.0 Å². The van der Waals surface area contributed by atoms with E-state index in [1.54, 1.807) is 0 Å². The second kappa shape index (κ2) is 8.53. The SMILES string of the molecule is C#C/C(=C\C(C)(O[Si](CC)(CC)CC)c1cccc(C)c1)[Si](C)(C)C. The van der Waals surface area contributed by atoms with Crippen LogP contribution in [0, 0.1) is 19.3 Å². The number of rotatable bonds is 8. The van der Waals surface area contributed by atoms with Crippen molar-refractivity contribution in [3.63, 3.8) is 0 Å². The van der Waals surface area contributed by atoms with Crippen LogP contribution in [0.4, 0.5) is 0 Å². The van der Waals surface area contributed by atoms with Gasteiger partial charge >= 0.3 is 0 Å². The molecular formula is C22H36OSi2. The molecule has 0 aliphatic heterocycles. The van der Waals surface area contributed by atoms with Crippen molar-refractivity contribution in [1.82, 2.24) is 0 Å². The molecule has 1 atom stereocenters. The Bertz CT molecular complexity index is 636. The molecule has 0 spiro atoms. The molecule has 0 aromatic heterocycles. The molecule has 138 valence electrons. The van der Waals surface area contributed by atoms with Gasteiger partial charge in [-0.25, -0.2) is 0 Å². The van der Waals surface area contributed by atoms with Gasteiger partial charge in [0.05, 0.1) is 13.7 Å². The van der Waals surface area contributed by atoms with Gasteiger partial charge in [0.2, 0.25) is 0 Å². The minimum atomic E-state index is -1.79. The molecule has 0 N–H and O–H groups in total. The minimum absolute atomic E-state index is 0.456. The summed E-state index contributed by atoms with van der Waals surface area (Å²) in [5.41, 5.74) is 2.01. The molecule has 0 saturated heterocycles. The van der Waals surface area contributed by atoms with Crippen LogP contribution in [0.5, 0.6) is 0 Å². The Kier molecular flexibility index (Phi) is 7.49. The average molecular weight is 373 g/mol. The van der Waals surface area contributed by atoms with Crippen molar-refractivity contribution in [1.29, 1.82) is 0 Å². The minimum Gasteiger partial charge on any atom is -0.404 e. The first kappa shape index (κ1) is 22.0. The molecule has 1 aromatic rings. The lowest BCUT2D eigenvalue weighted by Gasteiger charge is -2.40. The maximum atomic E-state index is 7.03. The van der Waals surface area contributed by atoms with E-state index in [4.69, 9.17) is 10.8 Å². The zero-order valence-electron chi connectivity index (χ0n) is 17.5. The molecule has 0 amide bonds. The fraction of sp³-hybridized carbons (Fsp3) is 0.545. The van der Waals surface area contributed by atoms with Crippen molar-refractivity contribution in [3.8, 4) is 12.3 Å². The van der Waals surface area contributed by atoms with Gasteiger partial charge in [-0.05, 0) is 48.8 Å². The highest BCUT2D eigenvalue weighted by molar-refractivity contribution is 6.84. The van der Waals surface area contributed by atoms with Crippen LogP contribution in [-0.2, 0) is 10.0 Å². The Morgan fingerprint density at radius 3 is 2.12 bits per heavy atom. The van der Waals surface area contributed by atoms with Crippen LogP contribution in [0.15, 0.2) is 35.5 Å². The Morgan fingerprint density at radius 1 is 1.16 bits per heavy atom. The van der Waals surface area contributed by atoms with Crippen LogP contribution in [0.3, 0.4) is 0 Å². The van der Waals surface area contributed by atoms with Gasteiger partial charge in [-0.1, -0.05) is 76.2 Å². The lowest BCUT2D eigenvalue weighted by molar-refractivity contribution is 0.125. The number of hydrogen-bond donors (Lipinski definition) is 0. The maximum Gasteiger partial charge on any atom is 0.193 e. The Morgan fingerprint density at radius 2 is 1.72 bits per heavy atom. The van der Waals surface area contributed by atoms with Crippen LogP contribution < -0.4 is 0 Å². The predicted molar refractivity (Wildman–Crippen MR) is 117 cm³/mol. The van der Waals surface area contributed by atoms with E-state index in [0.29, 0.717) is 0 Å². The second-order valence-electron chi connectivity index (χ2n) is 8.27. The van der Waals surface area contributed by atoms with Crippen LogP contribution in [0.25, 0.3) is 0 Å².